The maximum Gasteiger partial charge on any atom is 0.234 e. The first-order valence-corrected chi connectivity index (χ1v) is 2.48. The van der Waals surface area contributed by atoms with Crippen molar-refractivity contribution in [2.75, 3.05) is 12.4 Å². The summed E-state index contributed by atoms with van der Waals surface area (Å²) in [7, 11) is 1.38. The molecule has 7 heavy (non-hydrogen) atoms. The normalized spacial score (nSPS) is 5.00. The fourth-order valence-electron chi connectivity index (χ4n) is 0. The summed E-state index contributed by atoms with van der Waals surface area (Å²) >= 11 is 9.53. The van der Waals surface area contributed by atoms with E-state index >= 15 is 0 Å². The number of rotatable bonds is 0. The van der Waals surface area contributed by atoms with Crippen molar-refractivity contribution in [1.29, 1.82) is 0 Å². The Morgan fingerprint density at radius 2 is 1.86 bits per heavy atom. The number of hydrogen-bond acceptors (Lipinski definition) is 2. The fourth-order valence-corrected chi connectivity index (χ4v) is 0. The minimum atomic E-state index is 0.194. The third-order valence-corrected chi connectivity index (χ3v) is 0.0913. The van der Waals surface area contributed by atoms with Gasteiger partial charge in [-0.15, -0.1) is 23.2 Å². The Labute approximate surface area is 52.1 Å². The molecule has 0 fully saturated rings. The quantitative estimate of drug-likeness (QED) is 0.285. The summed E-state index contributed by atoms with van der Waals surface area (Å²) in [5, 5.41) is 0.194. The van der Waals surface area contributed by atoms with E-state index in [9.17, 15) is 0 Å². The van der Waals surface area contributed by atoms with Crippen molar-refractivity contribution in [3.8, 4) is 0 Å². The first-order chi connectivity index (χ1) is 3.33. The van der Waals surface area contributed by atoms with E-state index < -0.39 is 0 Å². The first kappa shape index (κ1) is 10.0. The molecule has 0 spiro atoms. The molecule has 0 bridgehead atoms. The Hall–Kier alpha value is -0.0400. The molecule has 0 amide bonds. The van der Waals surface area contributed by atoms with Crippen LogP contribution in [0.25, 0.3) is 0 Å². The van der Waals surface area contributed by atoms with Crippen LogP contribution in [0.2, 0.25) is 0 Å². The van der Waals surface area contributed by atoms with Crippen LogP contribution >= 0.6 is 23.2 Å². The van der Waals surface area contributed by atoms with Gasteiger partial charge in [0.2, 0.25) is 6.08 Å². The van der Waals surface area contributed by atoms with E-state index in [-0.39, 0.29) is 5.34 Å². The number of alkyl halides is 2. The highest BCUT2D eigenvalue weighted by Crippen LogP contribution is 1.73. The molecular formula is C3H5Cl2NO. The molecule has 0 aromatic heterocycles. The lowest BCUT2D eigenvalue weighted by Gasteiger charge is -1.42. The second-order valence-corrected chi connectivity index (χ2v) is 1.22. The molecule has 0 N–H and O–H groups in total. The summed E-state index contributed by atoms with van der Waals surface area (Å²) in [5.74, 6) is 0. The van der Waals surface area contributed by atoms with Gasteiger partial charge in [-0.25, -0.2) is 9.79 Å². The number of carbonyl (C=O) groups excluding carboxylic acids is 1. The molecule has 4 heteroatoms. The molecule has 42 valence electrons. The topological polar surface area (TPSA) is 29.4 Å². The Bertz CT molecular complexity index is 60.0. The second kappa shape index (κ2) is 16.7. The lowest BCUT2D eigenvalue weighted by Crippen LogP contribution is -1.38. The van der Waals surface area contributed by atoms with Crippen LogP contribution < -0.4 is 0 Å². The van der Waals surface area contributed by atoms with Crippen LogP contribution in [0.3, 0.4) is 0 Å². The second-order valence-electron chi connectivity index (χ2n) is 0.416. The molecule has 0 radical (unpaired) electrons. The van der Waals surface area contributed by atoms with Crippen molar-refractivity contribution in [3.63, 3.8) is 0 Å². The number of isocyanates is 1. The molecule has 0 aromatic rings. The largest absolute Gasteiger partial charge is 0.234 e. The zero-order valence-corrected chi connectivity index (χ0v) is 5.33. The number of hydrogen-bond donors (Lipinski definition) is 0. The predicted octanol–water partition coefficient (Wildman–Crippen LogP) is 1.37. The molecule has 0 heterocycles. The lowest BCUT2D eigenvalue weighted by molar-refractivity contribution is 0.564. The summed E-state index contributed by atoms with van der Waals surface area (Å²) in [6.07, 6.45) is 1.31. The molecule has 2 nitrogen and oxygen atoms in total. The summed E-state index contributed by atoms with van der Waals surface area (Å²) < 4.78 is 0. The molecule has 0 saturated carbocycles. The van der Waals surface area contributed by atoms with E-state index in [0.29, 0.717) is 0 Å². The van der Waals surface area contributed by atoms with Gasteiger partial charge in [0.15, 0.2) is 0 Å². The molecule has 0 aliphatic carbocycles. The van der Waals surface area contributed by atoms with Crippen LogP contribution in [-0.2, 0) is 4.79 Å². The van der Waals surface area contributed by atoms with Gasteiger partial charge in [-0.2, -0.15) is 0 Å². The standard InChI is InChI=1S/C2H3NO.CH2Cl2/c1-3-2-4;2-1-3/h1H3;1H2. The number of nitrogens with zero attached hydrogens (tertiary/aromatic N) is 1. The van der Waals surface area contributed by atoms with Crippen LogP contribution in [0, 0.1) is 0 Å². The smallest absolute Gasteiger partial charge is 0.211 e. The average Bonchev–Trinajstić information content (AvgIpc) is 1.69. The SMILES string of the molecule is CN=C=O.ClCCl. The molecule has 0 aliphatic rings. The summed E-state index contributed by atoms with van der Waals surface area (Å²) in [4.78, 5) is 11.8. The van der Waals surface area contributed by atoms with Crippen LogP contribution in [0.4, 0.5) is 0 Å². The Morgan fingerprint density at radius 1 is 1.71 bits per heavy atom. The van der Waals surface area contributed by atoms with E-state index in [0.717, 1.165) is 0 Å². The summed E-state index contributed by atoms with van der Waals surface area (Å²) in [5.41, 5.74) is 0. The van der Waals surface area contributed by atoms with Gasteiger partial charge in [0.1, 0.15) is 0 Å². The first-order valence-electron chi connectivity index (χ1n) is 1.41. The van der Waals surface area contributed by atoms with E-state index in [2.05, 4.69) is 4.99 Å². The number of aliphatic imine (C=N–C) groups is 1. The zero-order valence-electron chi connectivity index (χ0n) is 3.82. The van der Waals surface area contributed by atoms with Gasteiger partial charge in [0.25, 0.3) is 0 Å². The Kier molecular flexibility index (Phi) is 24.0. The Morgan fingerprint density at radius 3 is 1.86 bits per heavy atom. The van der Waals surface area contributed by atoms with Crippen LogP contribution in [-0.4, -0.2) is 18.5 Å². The van der Waals surface area contributed by atoms with Crippen LogP contribution in [0.1, 0.15) is 0 Å². The maximum atomic E-state index is 8.88. The third kappa shape index (κ3) is 101. The summed E-state index contributed by atoms with van der Waals surface area (Å²) in [6.45, 7) is 0. The molecule has 0 aliphatic heterocycles. The fraction of sp³-hybridized carbons (Fsp3) is 0.667. The van der Waals surface area contributed by atoms with Gasteiger partial charge in [-0.3, -0.25) is 0 Å². The number of halogens is 2. The predicted molar refractivity (Wildman–Crippen MR) is 30.6 cm³/mol. The van der Waals surface area contributed by atoms with E-state index in [1.54, 1.807) is 0 Å². The molecule has 0 aromatic carbocycles. The van der Waals surface area contributed by atoms with Crippen molar-refractivity contribution < 1.29 is 4.79 Å². The molecule has 0 atom stereocenters. The van der Waals surface area contributed by atoms with Crippen molar-refractivity contribution >= 4 is 29.3 Å². The average molecular weight is 142 g/mol. The highest BCUT2D eigenvalue weighted by atomic mass is 35.5. The molecule has 0 unspecified atom stereocenters. The van der Waals surface area contributed by atoms with E-state index in [1.165, 1.54) is 13.1 Å². The van der Waals surface area contributed by atoms with Gasteiger partial charge >= 0.3 is 0 Å². The van der Waals surface area contributed by atoms with E-state index in [4.69, 9.17) is 28.0 Å². The molecule has 0 rings (SSSR count). The van der Waals surface area contributed by atoms with E-state index in [1.807, 2.05) is 0 Å². The maximum absolute atomic E-state index is 8.88. The Balaban J connectivity index is 0. The van der Waals surface area contributed by atoms with Crippen molar-refractivity contribution in [3.05, 3.63) is 0 Å². The van der Waals surface area contributed by atoms with Crippen molar-refractivity contribution in [1.82, 2.24) is 0 Å². The molecular weight excluding hydrogens is 137 g/mol. The lowest BCUT2D eigenvalue weighted by atomic mass is 11.4. The van der Waals surface area contributed by atoms with Crippen LogP contribution in [0.5, 0.6) is 0 Å². The van der Waals surface area contributed by atoms with Crippen molar-refractivity contribution in [2.45, 2.75) is 0 Å². The van der Waals surface area contributed by atoms with Gasteiger partial charge in [0.05, 0.1) is 5.34 Å². The monoisotopic (exact) mass is 141 g/mol. The summed E-state index contributed by atoms with van der Waals surface area (Å²) in [6, 6.07) is 0. The van der Waals surface area contributed by atoms with Gasteiger partial charge < -0.3 is 0 Å². The highest BCUT2D eigenvalue weighted by Gasteiger charge is 1.41. The van der Waals surface area contributed by atoms with Gasteiger partial charge in [0, 0.05) is 7.05 Å². The highest BCUT2D eigenvalue weighted by molar-refractivity contribution is 6.40. The van der Waals surface area contributed by atoms with Crippen molar-refractivity contribution in [2.24, 2.45) is 4.99 Å². The van der Waals surface area contributed by atoms with Gasteiger partial charge in [-0.05, 0) is 0 Å². The minimum Gasteiger partial charge on any atom is -0.211 e. The van der Waals surface area contributed by atoms with Gasteiger partial charge in [-0.1, -0.05) is 0 Å². The van der Waals surface area contributed by atoms with Crippen LogP contribution in [0.15, 0.2) is 4.99 Å². The third-order valence-electron chi connectivity index (χ3n) is 0.0913. The minimum absolute atomic E-state index is 0.194. The zero-order chi connectivity index (χ0) is 6.12. The molecule has 0 saturated heterocycles.